The zero-order chi connectivity index (χ0) is 32.1. The van der Waals surface area contributed by atoms with Gasteiger partial charge in [0.2, 0.25) is 0 Å². The second-order valence-electron chi connectivity index (χ2n) is 11.8. The van der Waals surface area contributed by atoms with Crippen molar-refractivity contribution in [1.29, 1.82) is 0 Å². The van der Waals surface area contributed by atoms with Gasteiger partial charge in [-0.05, 0) is 80.4 Å². The summed E-state index contributed by atoms with van der Waals surface area (Å²) in [5, 5.41) is 5.84. The molecule has 0 radical (unpaired) electrons. The SMILES string of the molecule is C=C/C(=C\N(C)C(C)N(/N=C(\C)C(OCC)OCC)C(=O)OC(C)(C)C)CN(Cc1ccccc1)C(=O)OC(C)(C)C. The molecular formula is C32H52N4O6. The van der Waals surface area contributed by atoms with E-state index < -0.39 is 35.8 Å². The van der Waals surface area contributed by atoms with Crippen molar-refractivity contribution in [1.82, 2.24) is 14.8 Å². The number of rotatable bonds is 14. The summed E-state index contributed by atoms with van der Waals surface area (Å²) in [5.74, 6) is 0. The molecule has 0 spiro atoms. The van der Waals surface area contributed by atoms with E-state index in [-0.39, 0.29) is 6.54 Å². The Bertz CT molecular complexity index is 1050. The van der Waals surface area contributed by atoms with Crippen LogP contribution in [0.2, 0.25) is 0 Å². The molecule has 1 rings (SSSR count). The maximum absolute atomic E-state index is 13.3. The molecule has 1 atom stereocenters. The van der Waals surface area contributed by atoms with Gasteiger partial charge in [-0.25, -0.2) is 9.59 Å². The van der Waals surface area contributed by atoms with Crippen LogP contribution in [0.3, 0.4) is 0 Å². The van der Waals surface area contributed by atoms with Crippen LogP contribution in [0.15, 0.2) is 59.9 Å². The summed E-state index contributed by atoms with van der Waals surface area (Å²) in [7, 11) is 1.81. The maximum atomic E-state index is 13.3. The molecule has 10 heteroatoms. The van der Waals surface area contributed by atoms with Crippen molar-refractivity contribution in [2.24, 2.45) is 5.10 Å². The molecule has 42 heavy (non-hydrogen) atoms. The molecule has 0 saturated carbocycles. The highest BCUT2D eigenvalue weighted by molar-refractivity contribution is 5.86. The second kappa shape index (κ2) is 16.9. The summed E-state index contributed by atoms with van der Waals surface area (Å²) in [6.45, 7) is 23.6. The fraction of sp³-hybridized carbons (Fsp3) is 0.594. The Morgan fingerprint density at radius 3 is 1.95 bits per heavy atom. The maximum Gasteiger partial charge on any atom is 0.432 e. The van der Waals surface area contributed by atoms with Gasteiger partial charge in [-0.3, -0.25) is 4.90 Å². The summed E-state index contributed by atoms with van der Waals surface area (Å²) in [4.78, 5) is 29.9. The standard InChI is InChI=1S/C32H52N4O6/c1-13-26(22-35(29(37)41-31(6,7)8)23-27-19-17-16-18-20-27)21-34(12)25(5)36(30(38)42-32(9,10)11)33-24(4)28(39-14-2)40-15-3/h13,16-21,25,28H,1,14-15,22-23H2,2-12H3/b26-21+,33-24+. The Labute approximate surface area is 252 Å². The lowest BCUT2D eigenvalue weighted by molar-refractivity contribution is -0.0914. The predicted molar refractivity (Wildman–Crippen MR) is 167 cm³/mol. The minimum atomic E-state index is -0.732. The minimum Gasteiger partial charge on any atom is -0.444 e. The van der Waals surface area contributed by atoms with Crippen molar-refractivity contribution < 1.29 is 28.5 Å². The molecule has 0 N–H and O–H groups in total. The molecule has 0 saturated heterocycles. The number of hydrazone groups is 1. The number of nitrogens with zero attached hydrogens (tertiary/aromatic N) is 4. The summed E-state index contributed by atoms with van der Waals surface area (Å²) >= 11 is 0. The Morgan fingerprint density at radius 2 is 1.48 bits per heavy atom. The van der Waals surface area contributed by atoms with Gasteiger partial charge < -0.3 is 23.8 Å². The van der Waals surface area contributed by atoms with E-state index in [2.05, 4.69) is 11.7 Å². The second-order valence-corrected chi connectivity index (χ2v) is 11.8. The first-order chi connectivity index (χ1) is 19.5. The number of carbonyl (C=O) groups is 2. The van der Waals surface area contributed by atoms with Gasteiger partial charge in [0.1, 0.15) is 17.4 Å². The number of hydrogen-bond donors (Lipinski definition) is 0. The van der Waals surface area contributed by atoms with E-state index in [0.717, 1.165) is 11.1 Å². The van der Waals surface area contributed by atoms with Gasteiger partial charge in [-0.15, -0.1) is 0 Å². The average Bonchev–Trinajstić information content (AvgIpc) is 2.88. The van der Waals surface area contributed by atoms with E-state index in [1.165, 1.54) is 5.01 Å². The highest BCUT2D eigenvalue weighted by Gasteiger charge is 2.29. The molecule has 2 amide bonds. The van der Waals surface area contributed by atoms with Crippen LogP contribution in [0.25, 0.3) is 0 Å². The Balaban J connectivity index is 3.37. The average molecular weight is 589 g/mol. The molecule has 1 aromatic rings. The predicted octanol–water partition coefficient (Wildman–Crippen LogP) is 6.78. The number of benzene rings is 1. The molecular weight excluding hydrogens is 536 g/mol. The first kappa shape index (κ1) is 36.7. The van der Waals surface area contributed by atoms with E-state index in [9.17, 15) is 9.59 Å². The molecule has 0 bridgehead atoms. The van der Waals surface area contributed by atoms with Gasteiger partial charge >= 0.3 is 12.2 Å². The first-order valence-corrected chi connectivity index (χ1v) is 14.4. The van der Waals surface area contributed by atoms with Crippen LogP contribution in [0.4, 0.5) is 9.59 Å². The van der Waals surface area contributed by atoms with Gasteiger partial charge in [0.05, 0.1) is 12.3 Å². The minimum absolute atomic E-state index is 0.232. The van der Waals surface area contributed by atoms with Crippen LogP contribution in [0, 0.1) is 0 Å². The molecule has 1 aromatic carbocycles. The van der Waals surface area contributed by atoms with E-state index in [1.807, 2.05) is 90.0 Å². The van der Waals surface area contributed by atoms with E-state index in [1.54, 1.807) is 38.7 Å². The molecule has 0 aliphatic heterocycles. The quantitative estimate of drug-likeness (QED) is 0.102. The fourth-order valence-corrected chi connectivity index (χ4v) is 3.63. The summed E-state index contributed by atoms with van der Waals surface area (Å²) in [6.07, 6.45) is 1.15. The molecule has 1 unspecified atom stereocenters. The lowest BCUT2D eigenvalue weighted by Gasteiger charge is -2.34. The molecule has 0 aromatic heterocycles. The summed E-state index contributed by atoms with van der Waals surface area (Å²) < 4.78 is 22.7. The van der Waals surface area contributed by atoms with Crippen LogP contribution in [0.5, 0.6) is 0 Å². The van der Waals surface area contributed by atoms with Crippen LogP contribution in [-0.4, -0.2) is 83.2 Å². The molecule has 0 fully saturated rings. The zero-order valence-corrected chi connectivity index (χ0v) is 27.5. The molecule has 10 nitrogen and oxygen atoms in total. The highest BCUT2D eigenvalue weighted by Crippen LogP contribution is 2.18. The Morgan fingerprint density at radius 1 is 0.952 bits per heavy atom. The fourth-order valence-electron chi connectivity index (χ4n) is 3.63. The van der Waals surface area contributed by atoms with Crippen molar-refractivity contribution in [3.8, 4) is 0 Å². The molecule has 236 valence electrons. The van der Waals surface area contributed by atoms with Gasteiger partial charge in [0, 0.05) is 33.0 Å². The number of ether oxygens (including phenoxy) is 4. The largest absolute Gasteiger partial charge is 0.444 e. The molecule has 0 heterocycles. The van der Waals surface area contributed by atoms with Crippen molar-refractivity contribution in [3.63, 3.8) is 0 Å². The van der Waals surface area contributed by atoms with Crippen molar-refractivity contribution in [2.45, 2.75) is 99.4 Å². The van der Waals surface area contributed by atoms with E-state index in [4.69, 9.17) is 18.9 Å². The lowest BCUT2D eigenvalue weighted by atomic mass is 10.2. The third-order valence-electron chi connectivity index (χ3n) is 5.64. The van der Waals surface area contributed by atoms with Gasteiger partial charge in [0.25, 0.3) is 0 Å². The highest BCUT2D eigenvalue weighted by atomic mass is 16.7. The van der Waals surface area contributed by atoms with Crippen LogP contribution >= 0.6 is 0 Å². The van der Waals surface area contributed by atoms with Crippen LogP contribution in [-0.2, 0) is 25.5 Å². The van der Waals surface area contributed by atoms with E-state index in [0.29, 0.717) is 25.5 Å². The number of hydrogen-bond acceptors (Lipinski definition) is 8. The van der Waals surface area contributed by atoms with Crippen molar-refractivity contribution >= 4 is 17.9 Å². The van der Waals surface area contributed by atoms with Crippen molar-refractivity contribution in [2.75, 3.05) is 26.8 Å². The van der Waals surface area contributed by atoms with Crippen molar-refractivity contribution in [3.05, 3.63) is 60.3 Å². The Kier molecular flexibility index (Phi) is 14.8. The normalized spacial score (nSPS) is 13.4. The van der Waals surface area contributed by atoms with E-state index >= 15 is 0 Å². The monoisotopic (exact) mass is 588 g/mol. The number of amides is 2. The lowest BCUT2D eigenvalue weighted by Crippen LogP contribution is -2.46. The van der Waals surface area contributed by atoms with Crippen LogP contribution in [0.1, 0.15) is 74.8 Å². The first-order valence-electron chi connectivity index (χ1n) is 14.4. The van der Waals surface area contributed by atoms with Gasteiger partial charge in [0.15, 0.2) is 6.29 Å². The number of carbonyl (C=O) groups excluding carboxylic acids is 2. The smallest absolute Gasteiger partial charge is 0.432 e. The van der Waals surface area contributed by atoms with Gasteiger partial charge in [-0.2, -0.15) is 10.1 Å². The molecule has 0 aliphatic rings. The summed E-state index contributed by atoms with van der Waals surface area (Å²) in [6, 6.07) is 9.70. The topological polar surface area (TPSA) is 93.1 Å². The zero-order valence-electron chi connectivity index (χ0n) is 27.5. The summed E-state index contributed by atoms with van der Waals surface area (Å²) in [5.41, 5.74) is 0.783. The molecule has 0 aliphatic carbocycles. The Hall–Kier alpha value is -3.37. The third-order valence-corrected chi connectivity index (χ3v) is 5.64. The third kappa shape index (κ3) is 13.5. The van der Waals surface area contributed by atoms with Gasteiger partial charge in [-0.1, -0.05) is 43.0 Å². The van der Waals surface area contributed by atoms with Crippen LogP contribution < -0.4 is 0 Å².